The highest BCUT2D eigenvalue weighted by Gasteiger charge is 2.15. The number of carbonyl (C=O) groups is 2. The van der Waals surface area contributed by atoms with Gasteiger partial charge < -0.3 is 10.4 Å². The van der Waals surface area contributed by atoms with Crippen LogP contribution in [0.3, 0.4) is 0 Å². The highest BCUT2D eigenvalue weighted by molar-refractivity contribution is 5.84. The van der Waals surface area contributed by atoms with Crippen molar-refractivity contribution in [3.63, 3.8) is 0 Å². The number of carbonyl (C=O) groups excluding carboxylic acids is 1. The molecule has 1 atom stereocenters. The lowest BCUT2D eigenvalue weighted by molar-refractivity contribution is -0.137. The maximum atomic E-state index is 11.3. The number of ketones is 1. The topological polar surface area (TPSA) is 66.4 Å². The van der Waals surface area contributed by atoms with E-state index in [9.17, 15) is 9.59 Å². The van der Waals surface area contributed by atoms with Gasteiger partial charge in [0, 0.05) is 12.8 Å². The van der Waals surface area contributed by atoms with Gasteiger partial charge in [0.15, 0.2) is 0 Å². The number of nitrogens with one attached hydrogen (secondary N) is 1. The number of carboxylic acid groups (broad SMARTS) is 1. The first kappa shape index (κ1) is 12.1. The molecule has 0 rings (SSSR count). The van der Waals surface area contributed by atoms with Crippen LogP contribution in [0.15, 0.2) is 0 Å². The van der Waals surface area contributed by atoms with Crippen molar-refractivity contribution in [2.45, 2.75) is 39.2 Å². The Labute approximate surface area is 78.3 Å². The second-order valence-electron chi connectivity index (χ2n) is 2.86. The monoisotopic (exact) mass is 187 g/mol. The third-order valence-corrected chi connectivity index (χ3v) is 1.83. The molecular weight excluding hydrogens is 170 g/mol. The van der Waals surface area contributed by atoms with E-state index in [-0.39, 0.29) is 18.2 Å². The predicted molar refractivity (Wildman–Crippen MR) is 49.6 cm³/mol. The molecule has 0 aliphatic carbocycles. The lowest BCUT2D eigenvalue weighted by Gasteiger charge is -2.14. The molecular formula is C9H17NO3. The van der Waals surface area contributed by atoms with Crippen LogP contribution in [-0.4, -0.2) is 29.4 Å². The van der Waals surface area contributed by atoms with E-state index in [1.165, 1.54) is 0 Å². The number of hydrogen-bond donors (Lipinski definition) is 2. The zero-order valence-corrected chi connectivity index (χ0v) is 8.17. The van der Waals surface area contributed by atoms with Gasteiger partial charge in [0.25, 0.3) is 0 Å². The van der Waals surface area contributed by atoms with Gasteiger partial charge >= 0.3 is 5.97 Å². The van der Waals surface area contributed by atoms with Crippen LogP contribution in [0.1, 0.15) is 33.1 Å². The molecule has 0 bridgehead atoms. The van der Waals surface area contributed by atoms with Crippen molar-refractivity contribution in [2.24, 2.45) is 0 Å². The van der Waals surface area contributed by atoms with E-state index in [4.69, 9.17) is 5.11 Å². The van der Waals surface area contributed by atoms with Crippen molar-refractivity contribution in [2.75, 3.05) is 6.54 Å². The highest BCUT2D eigenvalue weighted by Crippen LogP contribution is 2.01. The van der Waals surface area contributed by atoms with Crippen molar-refractivity contribution in [3.8, 4) is 0 Å². The molecule has 0 spiro atoms. The number of Topliss-reactive ketones (excluding diaryl/α,β-unsaturated/α-hetero) is 1. The normalized spacial score (nSPS) is 12.5. The molecule has 4 nitrogen and oxygen atoms in total. The first-order chi connectivity index (χ1) is 6.11. The van der Waals surface area contributed by atoms with Crippen LogP contribution < -0.4 is 5.32 Å². The molecule has 76 valence electrons. The van der Waals surface area contributed by atoms with Gasteiger partial charge in [-0.25, -0.2) is 0 Å². The van der Waals surface area contributed by atoms with Gasteiger partial charge in [0.1, 0.15) is 5.78 Å². The van der Waals surface area contributed by atoms with Gasteiger partial charge in [-0.2, -0.15) is 0 Å². The van der Waals surface area contributed by atoms with E-state index in [2.05, 4.69) is 5.32 Å². The van der Waals surface area contributed by atoms with E-state index in [0.29, 0.717) is 19.4 Å². The van der Waals surface area contributed by atoms with Crippen LogP contribution in [-0.2, 0) is 9.59 Å². The van der Waals surface area contributed by atoms with Crippen molar-refractivity contribution < 1.29 is 14.7 Å². The summed E-state index contributed by atoms with van der Waals surface area (Å²) in [5.41, 5.74) is 0. The molecule has 0 aromatic heterocycles. The van der Waals surface area contributed by atoms with Crippen molar-refractivity contribution in [1.29, 1.82) is 0 Å². The van der Waals surface area contributed by atoms with E-state index in [1.54, 1.807) is 6.92 Å². The van der Waals surface area contributed by atoms with Crippen LogP contribution in [0.2, 0.25) is 0 Å². The SMILES string of the molecule is CCN[C@H](CCC(=O)O)C(=O)CC. The van der Waals surface area contributed by atoms with E-state index in [0.717, 1.165) is 0 Å². The number of likely N-dealkylation sites (N-methyl/N-ethyl adjacent to an activating group) is 1. The molecule has 0 amide bonds. The second kappa shape index (κ2) is 6.60. The van der Waals surface area contributed by atoms with E-state index in [1.807, 2.05) is 6.92 Å². The van der Waals surface area contributed by atoms with Gasteiger partial charge in [0.05, 0.1) is 6.04 Å². The van der Waals surface area contributed by atoms with Gasteiger partial charge in [-0.05, 0) is 13.0 Å². The second-order valence-corrected chi connectivity index (χ2v) is 2.86. The van der Waals surface area contributed by atoms with E-state index < -0.39 is 5.97 Å². The minimum absolute atomic E-state index is 0.0450. The molecule has 4 heteroatoms. The third kappa shape index (κ3) is 5.36. The Hall–Kier alpha value is -0.900. The highest BCUT2D eigenvalue weighted by atomic mass is 16.4. The minimum atomic E-state index is -0.855. The third-order valence-electron chi connectivity index (χ3n) is 1.83. The molecule has 0 saturated heterocycles. The summed E-state index contributed by atoms with van der Waals surface area (Å²) in [6.45, 7) is 4.38. The van der Waals surface area contributed by atoms with Gasteiger partial charge in [-0.1, -0.05) is 13.8 Å². The average molecular weight is 187 g/mol. The summed E-state index contributed by atoms with van der Waals surface area (Å²) >= 11 is 0. The summed E-state index contributed by atoms with van der Waals surface area (Å²) in [7, 11) is 0. The molecule has 0 aromatic carbocycles. The molecule has 0 saturated carbocycles. The van der Waals surface area contributed by atoms with Crippen LogP contribution >= 0.6 is 0 Å². The molecule has 0 aliphatic heterocycles. The molecule has 0 aliphatic rings. The largest absolute Gasteiger partial charge is 0.481 e. The quantitative estimate of drug-likeness (QED) is 0.619. The fourth-order valence-corrected chi connectivity index (χ4v) is 1.14. The zero-order chi connectivity index (χ0) is 10.3. The summed E-state index contributed by atoms with van der Waals surface area (Å²) in [6.07, 6.45) is 0.885. The first-order valence-electron chi connectivity index (χ1n) is 4.59. The molecule has 0 radical (unpaired) electrons. The Morgan fingerprint density at radius 2 is 2.00 bits per heavy atom. The Balaban J connectivity index is 3.93. The fraction of sp³-hybridized carbons (Fsp3) is 0.778. The molecule has 2 N–H and O–H groups in total. The zero-order valence-electron chi connectivity index (χ0n) is 8.17. The summed E-state index contributed by atoms with van der Waals surface area (Å²) in [5, 5.41) is 11.4. The number of rotatable bonds is 7. The standard InChI is InChI=1S/C9H17NO3/c1-3-8(11)7(10-4-2)5-6-9(12)13/h7,10H,3-6H2,1-2H3,(H,12,13)/t7-/m1/s1. The number of hydrogen-bond acceptors (Lipinski definition) is 3. The van der Waals surface area contributed by atoms with Crippen LogP contribution in [0.5, 0.6) is 0 Å². The maximum Gasteiger partial charge on any atom is 0.303 e. The van der Waals surface area contributed by atoms with Crippen LogP contribution in [0, 0.1) is 0 Å². The summed E-state index contributed by atoms with van der Waals surface area (Å²) in [5.74, 6) is -0.769. The average Bonchev–Trinajstić information content (AvgIpc) is 2.10. The van der Waals surface area contributed by atoms with Crippen molar-refractivity contribution in [1.82, 2.24) is 5.32 Å². The van der Waals surface area contributed by atoms with Crippen LogP contribution in [0.25, 0.3) is 0 Å². The predicted octanol–water partition coefficient (Wildman–Crippen LogP) is 0.808. The maximum absolute atomic E-state index is 11.3. The lowest BCUT2D eigenvalue weighted by Crippen LogP contribution is -2.36. The van der Waals surface area contributed by atoms with Crippen molar-refractivity contribution >= 4 is 11.8 Å². The summed E-state index contributed by atoms with van der Waals surface area (Å²) < 4.78 is 0. The number of aliphatic carboxylic acids is 1. The first-order valence-corrected chi connectivity index (χ1v) is 4.59. The molecule has 0 fully saturated rings. The summed E-state index contributed by atoms with van der Waals surface area (Å²) in [4.78, 5) is 21.5. The van der Waals surface area contributed by atoms with Crippen LogP contribution in [0.4, 0.5) is 0 Å². The molecule has 0 unspecified atom stereocenters. The van der Waals surface area contributed by atoms with Gasteiger partial charge in [0.2, 0.25) is 0 Å². The molecule has 0 heterocycles. The summed E-state index contributed by atoms with van der Waals surface area (Å²) in [6, 6.07) is -0.286. The van der Waals surface area contributed by atoms with E-state index >= 15 is 0 Å². The fourth-order valence-electron chi connectivity index (χ4n) is 1.14. The number of carboxylic acids is 1. The Morgan fingerprint density at radius 1 is 1.38 bits per heavy atom. The smallest absolute Gasteiger partial charge is 0.303 e. The lowest BCUT2D eigenvalue weighted by atomic mass is 10.1. The Kier molecular flexibility index (Phi) is 6.14. The Bertz CT molecular complexity index is 180. The molecule has 13 heavy (non-hydrogen) atoms. The van der Waals surface area contributed by atoms with Gasteiger partial charge in [-0.15, -0.1) is 0 Å². The van der Waals surface area contributed by atoms with Crippen molar-refractivity contribution in [3.05, 3.63) is 0 Å². The Morgan fingerprint density at radius 3 is 2.38 bits per heavy atom. The van der Waals surface area contributed by atoms with Gasteiger partial charge in [-0.3, -0.25) is 9.59 Å². The molecule has 0 aromatic rings. The minimum Gasteiger partial charge on any atom is -0.481 e.